The number of fused-ring (bicyclic) bond motifs is 1. The molecule has 1 fully saturated rings. The fourth-order valence-corrected chi connectivity index (χ4v) is 3.32. The fourth-order valence-electron chi connectivity index (χ4n) is 3.32. The van der Waals surface area contributed by atoms with Crippen molar-refractivity contribution in [3.05, 3.63) is 42.4 Å². The Morgan fingerprint density at radius 3 is 2.96 bits per heavy atom. The first kappa shape index (κ1) is 14.9. The third-order valence-corrected chi connectivity index (χ3v) is 4.60. The highest BCUT2D eigenvalue weighted by molar-refractivity contribution is 5.96. The zero-order chi connectivity index (χ0) is 16.4. The Kier molecular flexibility index (Phi) is 3.98. The van der Waals surface area contributed by atoms with Crippen LogP contribution in [0.1, 0.15) is 47.9 Å². The zero-order valence-corrected chi connectivity index (χ0v) is 13.4. The molecule has 0 radical (unpaired) electrons. The minimum atomic E-state index is -0.133. The summed E-state index contributed by atoms with van der Waals surface area (Å²) in [5.41, 5.74) is 2.19. The summed E-state index contributed by atoms with van der Waals surface area (Å²) in [4.78, 5) is 28.3. The Morgan fingerprint density at radius 2 is 2.17 bits per heavy atom. The predicted octanol–water partition coefficient (Wildman–Crippen LogP) is 2.24. The lowest BCUT2D eigenvalue weighted by Gasteiger charge is -2.11. The van der Waals surface area contributed by atoms with Crippen molar-refractivity contribution in [2.75, 3.05) is 6.54 Å². The molecule has 1 amide bonds. The molecule has 1 aliphatic rings. The highest BCUT2D eigenvalue weighted by atomic mass is 16.1. The number of aromatic nitrogens is 5. The number of nitrogens with one attached hydrogen (secondary N) is 2. The molecule has 0 atom stereocenters. The van der Waals surface area contributed by atoms with Gasteiger partial charge in [-0.1, -0.05) is 12.8 Å². The normalized spacial score (nSPS) is 15.2. The van der Waals surface area contributed by atoms with Crippen molar-refractivity contribution in [2.24, 2.45) is 0 Å². The highest BCUT2D eigenvalue weighted by Gasteiger charge is 2.20. The lowest BCUT2D eigenvalue weighted by Crippen LogP contribution is -2.26. The monoisotopic (exact) mass is 324 g/mol. The van der Waals surface area contributed by atoms with Gasteiger partial charge in [0.05, 0.1) is 11.9 Å². The van der Waals surface area contributed by atoms with Crippen molar-refractivity contribution in [3.63, 3.8) is 0 Å². The van der Waals surface area contributed by atoms with Gasteiger partial charge in [0.25, 0.3) is 5.91 Å². The summed E-state index contributed by atoms with van der Waals surface area (Å²) in [5.74, 6) is 0.727. The second-order valence-electron chi connectivity index (χ2n) is 6.20. The molecular weight excluding hydrogens is 304 g/mol. The van der Waals surface area contributed by atoms with E-state index in [4.69, 9.17) is 0 Å². The largest absolute Gasteiger partial charge is 0.352 e. The number of rotatable bonds is 5. The number of H-pyrrole nitrogens is 1. The second-order valence-corrected chi connectivity index (χ2v) is 6.20. The lowest BCUT2D eigenvalue weighted by atomic mass is 10.2. The number of hydrogen-bond acceptors (Lipinski definition) is 4. The molecule has 0 spiro atoms. The molecule has 24 heavy (non-hydrogen) atoms. The molecule has 2 N–H and O–H groups in total. The maximum Gasteiger partial charge on any atom is 0.252 e. The van der Waals surface area contributed by atoms with Crippen LogP contribution in [-0.2, 0) is 6.42 Å². The molecule has 3 aromatic rings. The molecule has 0 bridgehead atoms. The van der Waals surface area contributed by atoms with E-state index in [-0.39, 0.29) is 5.91 Å². The number of nitrogens with zero attached hydrogens (tertiary/aromatic N) is 4. The van der Waals surface area contributed by atoms with Crippen molar-refractivity contribution in [3.8, 4) is 0 Å². The van der Waals surface area contributed by atoms with Crippen LogP contribution < -0.4 is 5.32 Å². The van der Waals surface area contributed by atoms with Crippen molar-refractivity contribution in [2.45, 2.75) is 38.1 Å². The Labute approximate surface area is 139 Å². The minimum Gasteiger partial charge on any atom is -0.352 e. The first-order chi connectivity index (χ1) is 11.8. The molecular formula is C17H20N6O. The predicted molar refractivity (Wildman–Crippen MR) is 89.7 cm³/mol. The molecule has 4 rings (SSSR count). The lowest BCUT2D eigenvalue weighted by molar-refractivity contribution is 0.0954. The molecule has 3 heterocycles. The number of aromatic amines is 1. The van der Waals surface area contributed by atoms with E-state index in [1.807, 2.05) is 12.4 Å². The zero-order valence-electron chi connectivity index (χ0n) is 13.4. The van der Waals surface area contributed by atoms with Gasteiger partial charge < -0.3 is 14.9 Å². The van der Waals surface area contributed by atoms with Crippen LogP contribution in [-0.4, -0.2) is 37.0 Å². The van der Waals surface area contributed by atoms with Gasteiger partial charge in [-0.3, -0.25) is 4.79 Å². The molecule has 1 aliphatic carbocycles. The molecule has 0 aromatic carbocycles. The summed E-state index contributed by atoms with van der Waals surface area (Å²) < 4.78 is 2.15. The van der Waals surface area contributed by atoms with E-state index < -0.39 is 0 Å². The van der Waals surface area contributed by atoms with E-state index >= 15 is 0 Å². The maximum atomic E-state index is 12.3. The van der Waals surface area contributed by atoms with Crippen molar-refractivity contribution in [1.82, 2.24) is 29.8 Å². The minimum absolute atomic E-state index is 0.133. The van der Waals surface area contributed by atoms with E-state index in [9.17, 15) is 4.79 Å². The third-order valence-electron chi connectivity index (χ3n) is 4.60. The Balaban J connectivity index is 1.45. The molecule has 0 aliphatic heterocycles. The van der Waals surface area contributed by atoms with E-state index in [0.717, 1.165) is 17.0 Å². The Morgan fingerprint density at radius 1 is 1.29 bits per heavy atom. The Bertz CT molecular complexity index is 832. The van der Waals surface area contributed by atoms with Crippen LogP contribution in [0.3, 0.4) is 0 Å². The molecule has 124 valence electrons. The standard InChI is InChI=1S/C17H20N6O/c24-17(20-6-5-15-18-7-8-19-15)12-9-14-16(21-10-12)23(11-22-14)13-3-1-2-4-13/h7-11,13H,1-6H2,(H,18,19)(H,20,24). The van der Waals surface area contributed by atoms with Gasteiger partial charge in [0.2, 0.25) is 0 Å². The Hall–Kier alpha value is -2.70. The summed E-state index contributed by atoms with van der Waals surface area (Å²) in [6.45, 7) is 0.529. The van der Waals surface area contributed by atoms with E-state index in [1.54, 1.807) is 18.6 Å². The average Bonchev–Trinajstić information content (AvgIpc) is 3.34. The van der Waals surface area contributed by atoms with Gasteiger partial charge >= 0.3 is 0 Å². The number of hydrogen-bond donors (Lipinski definition) is 2. The third kappa shape index (κ3) is 2.89. The number of amides is 1. The van der Waals surface area contributed by atoms with E-state index in [1.165, 1.54) is 25.7 Å². The van der Waals surface area contributed by atoms with Crippen LogP contribution in [0.15, 0.2) is 31.0 Å². The molecule has 3 aromatic heterocycles. The topological polar surface area (TPSA) is 88.5 Å². The van der Waals surface area contributed by atoms with Gasteiger partial charge in [0, 0.05) is 37.6 Å². The van der Waals surface area contributed by atoms with E-state index in [0.29, 0.717) is 24.6 Å². The summed E-state index contributed by atoms with van der Waals surface area (Å²) >= 11 is 0. The van der Waals surface area contributed by atoms with Crippen LogP contribution in [0.4, 0.5) is 0 Å². The van der Waals surface area contributed by atoms with Crippen LogP contribution in [0, 0.1) is 0 Å². The van der Waals surface area contributed by atoms with Crippen LogP contribution in [0.25, 0.3) is 11.2 Å². The number of carbonyl (C=O) groups excluding carboxylic acids is 1. The van der Waals surface area contributed by atoms with Crippen LogP contribution >= 0.6 is 0 Å². The number of imidazole rings is 2. The molecule has 7 nitrogen and oxygen atoms in total. The quantitative estimate of drug-likeness (QED) is 0.753. The number of pyridine rings is 1. The second kappa shape index (κ2) is 6.43. The van der Waals surface area contributed by atoms with Crippen LogP contribution in [0.5, 0.6) is 0 Å². The molecule has 0 saturated heterocycles. The summed E-state index contributed by atoms with van der Waals surface area (Å²) in [7, 11) is 0. The fraction of sp³-hybridized carbons (Fsp3) is 0.412. The van der Waals surface area contributed by atoms with Crippen molar-refractivity contribution in [1.29, 1.82) is 0 Å². The summed E-state index contributed by atoms with van der Waals surface area (Å²) in [6, 6.07) is 2.31. The van der Waals surface area contributed by atoms with Gasteiger partial charge in [-0.05, 0) is 18.9 Å². The van der Waals surface area contributed by atoms with Gasteiger partial charge in [-0.2, -0.15) is 0 Å². The summed E-state index contributed by atoms with van der Waals surface area (Å²) in [6.07, 6.45) is 12.5. The number of carbonyl (C=O) groups is 1. The maximum absolute atomic E-state index is 12.3. The van der Waals surface area contributed by atoms with Gasteiger partial charge in [-0.25, -0.2) is 15.0 Å². The van der Waals surface area contributed by atoms with Gasteiger partial charge in [0.1, 0.15) is 11.3 Å². The molecule has 1 saturated carbocycles. The average molecular weight is 324 g/mol. The SMILES string of the molecule is O=C(NCCc1ncc[nH]1)c1cnc2c(c1)ncn2C1CCCC1. The first-order valence-electron chi connectivity index (χ1n) is 8.40. The van der Waals surface area contributed by atoms with E-state index in [2.05, 4.69) is 29.8 Å². The first-order valence-corrected chi connectivity index (χ1v) is 8.40. The smallest absolute Gasteiger partial charge is 0.252 e. The van der Waals surface area contributed by atoms with Crippen molar-refractivity contribution < 1.29 is 4.79 Å². The molecule has 7 heteroatoms. The van der Waals surface area contributed by atoms with Gasteiger partial charge in [-0.15, -0.1) is 0 Å². The molecule has 0 unspecified atom stereocenters. The highest BCUT2D eigenvalue weighted by Crippen LogP contribution is 2.31. The van der Waals surface area contributed by atoms with Gasteiger partial charge in [0.15, 0.2) is 5.65 Å². The van der Waals surface area contributed by atoms with Crippen molar-refractivity contribution >= 4 is 17.1 Å². The van der Waals surface area contributed by atoms with Crippen LogP contribution in [0.2, 0.25) is 0 Å². The summed E-state index contributed by atoms with van der Waals surface area (Å²) in [5, 5.41) is 2.89.